The summed E-state index contributed by atoms with van der Waals surface area (Å²) in [4.78, 5) is 6.67. The van der Waals surface area contributed by atoms with Crippen molar-refractivity contribution in [1.82, 2.24) is 14.7 Å². The predicted molar refractivity (Wildman–Crippen MR) is 76.9 cm³/mol. The summed E-state index contributed by atoms with van der Waals surface area (Å²) >= 11 is 0. The van der Waals surface area contributed by atoms with Crippen LogP contribution in [0.1, 0.15) is 11.4 Å². The summed E-state index contributed by atoms with van der Waals surface area (Å²) in [5.41, 5.74) is 0.655. The topological polar surface area (TPSA) is 109 Å². The molecule has 0 atom stereocenters. The van der Waals surface area contributed by atoms with Gasteiger partial charge in [0.25, 0.3) is 10.0 Å². The molecule has 7 nitrogen and oxygen atoms in total. The highest BCUT2D eigenvalue weighted by molar-refractivity contribution is 7.90. The first-order valence-electron chi connectivity index (χ1n) is 5.99. The van der Waals surface area contributed by atoms with Crippen LogP contribution in [0, 0.1) is 6.92 Å². The zero-order valence-electron chi connectivity index (χ0n) is 11.5. The molecule has 1 aromatic carbocycles. The van der Waals surface area contributed by atoms with E-state index in [-0.39, 0.29) is 16.5 Å². The summed E-state index contributed by atoms with van der Waals surface area (Å²) in [6.45, 7) is 1.72. The first-order valence-corrected chi connectivity index (χ1v) is 9.36. The third-order valence-corrected chi connectivity index (χ3v) is 5.23. The van der Waals surface area contributed by atoms with Crippen LogP contribution in [0.15, 0.2) is 40.4 Å². The molecule has 2 rings (SSSR count). The van der Waals surface area contributed by atoms with E-state index in [0.717, 1.165) is 6.26 Å². The summed E-state index contributed by atoms with van der Waals surface area (Å²) in [5.74, 6) is 0.507. The lowest BCUT2D eigenvalue weighted by molar-refractivity contribution is 0.577. The molecule has 1 aromatic heterocycles. The number of H-pyrrole nitrogens is 1. The second kappa shape index (κ2) is 5.58. The minimum atomic E-state index is -3.66. The molecule has 1 heterocycles. The maximum absolute atomic E-state index is 12.0. The van der Waals surface area contributed by atoms with E-state index in [9.17, 15) is 16.8 Å². The number of imidazole rings is 1. The Bertz CT molecular complexity index is 837. The minimum absolute atomic E-state index is 0.00671. The molecule has 21 heavy (non-hydrogen) atoms. The van der Waals surface area contributed by atoms with Crippen molar-refractivity contribution < 1.29 is 16.8 Å². The summed E-state index contributed by atoms with van der Waals surface area (Å²) in [5, 5.41) is -0.00671. The summed E-state index contributed by atoms with van der Waals surface area (Å²) in [6, 6.07) is 6.02. The van der Waals surface area contributed by atoms with Crippen LogP contribution in [0.2, 0.25) is 0 Å². The van der Waals surface area contributed by atoms with Gasteiger partial charge in [0.1, 0.15) is 5.82 Å². The average molecular weight is 329 g/mol. The van der Waals surface area contributed by atoms with Crippen molar-refractivity contribution in [2.45, 2.75) is 23.4 Å². The highest BCUT2D eigenvalue weighted by atomic mass is 32.2. The van der Waals surface area contributed by atoms with Crippen LogP contribution in [0.25, 0.3) is 0 Å². The molecule has 0 bridgehead atoms. The van der Waals surface area contributed by atoms with Crippen molar-refractivity contribution in [2.24, 2.45) is 0 Å². The lowest BCUT2D eigenvalue weighted by Gasteiger charge is -2.05. The Balaban J connectivity index is 2.10. The molecular weight excluding hydrogens is 314 g/mol. The highest BCUT2D eigenvalue weighted by Gasteiger charge is 2.16. The fourth-order valence-electron chi connectivity index (χ4n) is 1.65. The van der Waals surface area contributed by atoms with Gasteiger partial charge in [-0.3, -0.25) is 0 Å². The van der Waals surface area contributed by atoms with E-state index in [2.05, 4.69) is 14.7 Å². The van der Waals surface area contributed by atoms with Gasteiger partial charge < -0.3 is 4.98 Å². The van der Waals surface area contributed by atoms with Gasteiger partial charge in [-0.1, -0.05) is 12.1 Å². The van der Waals surface area contributed by atoms with Crippen molar-refractivity contribution in [2.75, 3.05) is 6.26 Å². The number of nitrogens with one attached hydrogen (secondary N) is 2. The molecule has 114 valence electrons. The average Bonchev–Trinajstić information content (AvgIpc) is 2.83. The van der Waals surface area contributed by atoms with Crippen LogP contribution in [-0.2, 0) is 26.4 Å². The fraction of sp³-hybridized carbons (Fsp3) is 0.250. The molecular formula is C12H15N3O4S2. The normalized spacial score (nSPS) is 12.5. The Kier molecular flexibility index (Phi) is 4.17. The molecule has 2 N–H and O–H groups in total. The molecule has 2 aromatic rings. The maximum Gasteiger partial charge on any atom is 0.257 e. The minimum Gasteiger partial charge on any atom is -0.332 e. The van der Waals surface area contributed by atoms with Crippen molar-refractivity contribution in [1.29, 1.82) is 0 Å². The van der Waals surface area contributed by atoms with E-state index in [1.165, 1.54) is 18.3 Å². The SMILES string of the molecule is Cc1ncc(S(=O)(=O)NCc2ccc(S(C)(=O)=O)cc2)[nH]1. The third-order valence-electron chi connectivity index (χ3n) is 2.79. The number of aryl methyl sites for hydroxylation is 1. The van der Waals surface area contributed by atoms with E-state index in [0.29, 0.717) is 11.4 Å². The Morgan fingerprint density at radius 3 is 2.24 bits per heavy atom. The Morgan fingerprint density at radius 2 is 1.76 bits per heavy atom. The number of nitrogens with zero attached hydrogens (tertiary/aromatic N) is 1. The molecule has 0 amide bonds. The van der Waals surface area contributed by atoms with Gasteiger partial charge in [-0.2, -0.15) is 0 Å². The van der Waals surface area contributed by atoms with Gasteiger partial charge >= 0.3 is 0 Å². The van der Waals surface area contributed by atoms with Gasteiger partial charge in [0.2, 0.25) is 0 Å². The van der Waals surface area contributed by atoms with E-state index in [1.807, 2.05) is 0 Å². The van der Waals surface area contributed by atoms with Gasteiger partial charge in [0.15, 0.2) is 14.9 Å². The molecule has 0 saturated carbocycles. The molecule has 0 radical (unpaired) electrons. The summed E-state index contributed by atoms with van der Waals surface area (Å²) in [6.07, 6.45) is 2.36. The Hall–Kier alpha value is -1.71. The molecule has 9 heteroatoms. The van der Waals surface area contributed by atoms with Gasteiger partial charge in [-0.25, -0.2) is 26.5 Å². The lowest BCUT2D eigenvalue weighted by atomic mass is 10.2. The standard InChI is InChI=1S/C12H15N3O4S2/c1-9-13-8-12(15-9)21(18,19)14-7-10-3-5-11(6-4-10)20(2,16)17/h3-6,8,14H,7H2,1-2H3,(H,13,15). The molecule has 0 aliphatic heterocycles. The Morgan fingerprint density at radius 1 is 1.14 bits per heavy atom. The predicted octanol–water partition coefficient (Wildman–Crippen LogP) is 0.600. The molecule has 0 unspecified atom stereocenters. The monoisotopic (exact) mass is 329 g/mol. The quantitative estimate of drug-likeness (QED) is 0.835. The largest absolute Gasteiger partial charge is 0.332 e. The number of hydrogen-bond acceptors (Lipinski definition) is 5. The molecule has 0 fully saturated rings. The number of sulfonamides is 1. The van der Waals surface area contributed by atoms with Crippen LogP contribution in [0.3, 0.4) is 0 Å². The maximum atomic E-state index is 12.0. The first-order chi connectivity index (χ1) is 9.68. The van der Waals surface area contributed by atoms with Crippen LogP contribution >= 0.6 is 0 Å². The zero-order valence-corrected chi connectivity index (χ0v) is 13.1. The smallest absolute Gasteiger partial charge is 0.257 e. The molecule has 0 aliphatic rings. The fourth-order valence-corrected chi connectivity index (χ4v) is 3.26. The van der Waals surface area contributed by atoms with Crippen LogP contribution in [0.5, 0.6) is 0 Å². The molecule has 0 aliphatic carbocycles. The number of aromatic amines is 1. The molecule has 0 saturated heterocycles. The van der Waals surface area contributed by atoms with Crippen molar-refractivity contribution in [3.05, 3.63) is 41.9 Å². The first kappa shape index (κ1) is 15.7. The van der Waals surface area contributed by atoms with E-state index in [1.54, 1.807) is 19.1 Å². The number of benzene rings is 1. The van der Waals surface area contributed by atoms with Crippen LogP contribution in [0.4, 0.5) is 0 Å². The second-order valence-corrected chi connectivity index (χ2v) is 8.32. The number of sulfone groups is 1. The van der Waals surface area contributed by atoms with Crippen LogP contribution < -0.4 is 4.72 Å². The van der Waals surface area contributed by atoms with Gasteiger partial charge in [0.05, 0.1) is 11.1 Å². The molecule has 0 spiro atoms. The van der Waals surface area contributed by atoms with E-state index < -0.39 is 19.9 Å². The van der Waals surface area contributed by atoms with Crippen LogP contribution in [-0.4, -0.2) is 33.1 Å². The van der Waals surface area contributed by atoms with Crippen molar-refractivity contribution in [3.8, 4) is 0 Å². The van der Waals surface area contributed by atoms with E-state index in [4.69, 9.17) is 0 Å². The summed E-state index contributed by atoms with van der Waals surface area (Å²) in [7, 11) is -6.92. The Labute approximate surface area is 123 Å². The van der Waals surface area contributed by atoms with E-state index >= 15 is 0 Å². The second-order valence-electron chi connectivity index (χ2n) is 4.57. The summed E-state index contributed by atoms with van der Waals surface area (Å²) < 4.78 is 49.0. The van der Waals surface area contributed by atoms with Crippen molar-refractivity contribution in [3.63, 3.8) is 0 Å². The van der Waals surface area contributed by atoms with Gasteiger partial charge in [-0.05, 0) is 24.6 Å². The van der Waals surface area contributed by atoms with Crippen molar-refractivity contribution >= 4 is 19.9 Å². The number of hydrogen-bond donors (Lipinski definition) is 2. The van der Waals surface area contributed by atoms with Gasteiger partial charge in [0, 0.05) is 12.8 Å². The lowest BCUT2D eigenvalue weighted by Crippen LogP contribution is -2.23. The van der Waals surface area contributed by atoms with Gasteiger partial charge in [-0.15, -0.1) is 0 Å². The third kappa shape index (κ3) is 3.90. The highest BCUT2D eigenvalue weighted by Crippen LogP contribution is 2.11. The number of rotatable bonds is 5. The zero-order chi connectivity index (χ0) is 15.7. The number of aromatic nitrogens is 2.